The molecule has 9 heteroatoms. The Morgan fingerprint density at radius 2 is 2.00 bits per heavy atom. The SMILES string of the molecule is CN=C(NCc1ccc(OCC(F)(F)F)nc1)N1CCC(COCc2ccccc2)C1. The Bertz CT molecular complexity index is 829. The van der Waals surface area contributed by atoms with Gasteiger partial charge < -0.3 is 19.7 Å². The molecule has 1 aromatic carbocycles. The molecular formula is C22H27F3N4O2. The molecule has 0 radical (unpaired) electrons. The van der Waals surface area contributed by atoms with Crippen molar-refractivity contribution in [3.05, 3.63) is 59.8 Å². The van der Waals surface area contributed by atoms with Crippen LogP contribution in [-0.2, 0) is 17.9 Å². The molecule has 6 nitrogen and oxygen atoms in total. The smallest absolute Gasteiger partial charge is 0.422 e. The standard InChI is InChI=1S/C22H27F3N4O2/c1-26-21(28-12-18-7-8-20(27-11-18)31-16-22(23,24)25)29-10-9-19(13-29)15-30-14-17-5-3-2-4-6-17/h2-8,11,19H,9-10,12-16H2,1H3,(H,26,28). The van der Waals surface area contributed by atoms with Crippen LogP contribution in [0.1, 0.15) is 17.5 Å². The molecule has 0 amide bonds. The minimum absolute atomic E-state index is 0.0525. The van der Waals surface area contributed by atoms with E-state index in [2.05, 4.69) is 37.1 Å². The van der Waals surface area contributed by atoms with Gasteiger partial charge in [0, 0.05) is 44.9 Å². The highest BCUT2D eigenvalue weighted by atomic mass is 19.4. The molecule has 168 valence electrons. The summed E-state index contributed by atoms with van der Waals surface area (Å²) in [6.07, 6.45) is -1.85. The van der Waals surface area contributed by atoms with E-state index in [4.69, 9.17) is 4.74 Å². The lowest BCUT2D eigenvalue weighted by Gasteiger charge is -2.21. The fourth-order valence-electron chi connectivity index (χ4n) is 3.35. The first-order valence-electron chi connectivity index (χ1n) is 10.1. The Balaban J connectivity index is 1.40. The van der Waals surface area contributed by atoms with Crippen molar-refractivity contribution in [1.82, 2.24) is 15.2 Å². The molecule has 1 fully saturated rings. The van der Waals surface area contributed by atoms with Crippen molar-refractivity contribution >= 4 is 5.96 Å². The van der Waals surface area contributed by atoms with Gasteiger partial charge in [0.2, 0.25) is 5.88 Å². The number of ether oxygens (including phenoxy) is 2. The monoisotopic (exact) mass is 436 g/mol. The summed E-state index contributed by atoms with van der Waals surface area (Å²) in [4.78, 5) is 10.4. The van der Waals surface area contributed by atoms with Gasteiger partial charge >= 0.3 is 6.18 Å². The molecule has 1 atom stereocenters. The highest BCUT2D eigenvalue weighted by molar-refractivity contribution is 5.80. The van der Waals surface area contributed by atoms with Crippen LogP contribution < -0.4 is 10.1 Å². The minimum Gasteiger partial charge on any atom is -0.468 e. The van der Waals surface area contributed by atoms with Crippen LogP contribution in [0.2, 0.25) is 0 Å². The molecule has 0 spiro atoms. The Kier molecular flexibility index (Phi) is 8.11. The molecule has 1 unspecified atom stereocenters. The van der Waals surface area contributed by atoms with E-state index in [1.54, 1.807) is 13.1 Å². The predicted molar refractivity (Wildman–Crippen MR) is 112 cm³/mol. The maximum Gasteiger partial charge on any atom is 0.422 e. The average Bonchev–Trinajstić information content (AvgIpc) is 3.22. The molecule has 31 heavy (non-hydrogen) atoms. The average molecular weight is 436 g/mol. The van der Waals surface area contributed by atoms with Crippen molar-refractivity contribution in [1.29, 1.82) is 0 Å². The number of hydrogen-bond acceptors (Lipinski definition) is 4. The van der Waals surface area contributed by atoms with Crippen molar-refractivity contribution in [2.75, 3.05) is 33.4 Å². The molecule has 3 rings (SSSR count). The number of nitrogens with zero attached hydrogens (tertiary/aromatic N) is 3. The molecule has 0 aliphatic carbocycles. The van der Waals surface area contributed by atoms with E-state index in [9.17, 15) is 13.2 Å². The van der Waals surface area contributed by atoms with Crippen molar-refractivity contribution in [2.24, 2.45) is 10.9 Å². The highest BCUT2D eigenvalue weighted by Crippen LogP contribution is 2.18. The van der Waals surface area contributed by atoms with Crippen LogP contribution in [0.3, 0.4) is 0 Å². The first-order valence-corrected chi connectivity index (χ1v) is 10.1. The van der Waals surface area contributed by atoms with Crippen LogP contribution in [-0.4, -0.2) is 55.4 Å². The van der Waals surface area contributed by atoms with Gasteiger partial charge in [-0.1, -0.05) is 36.4 Å². The molecule has 2 heterocycles. The number of aliphatic imine (C=N–C) groups is 1. The van der Waals surface area contributed by atoms with Crippen LogP contribution in [0.15, 0.2) is 53.7 Å². The molecule has 1 aliphatic rings. The van der Waals surface area contributed by atoms with Crippen molar-refractivity contribution < 1.29 is 22.6 Å². The summed E-state index contributed by atoms with van der Waals surface area (Å²) in [5, 5.41) is 3.28. The van der Waals surface area contributed by atoms with E-state index in [-0.39, 0.29) is 5.88 Å². The number of nitrogens with one attached hydrogen (secondary N) is 1. The van der Waals surface area contributed by atoms with Crippen LogP contribution in [0.5, 0.6) is 5.88 Å². The van der Waals surface area contributed by atoms with E-state index >= 15 is 0 Å². The van der Waals surface area contributed by atoms with E-state index < -0.39 is 12.8 Å². The first kappa shape index (κ1) is 22.9. The van der Waals surface area contributed by atoms with Gasteiger partial charge in [-0.2, -0.15) is 13.2 Å². The van der Waals surface area contributed by atoms with Crippen molar-refractivity contribution in [2.45, 2.75) is 25.7 Å². The number of alkyl halides is 3. The van der Waals surface area contributed by atoms with Crippen LogP contribution in [0, 0.1) is 5.92 Å². The summed E-state index contributed by atoms with van der Waals surface area (Å²) in [5.41, 5.74) is 1.99. The zero-order chi connectivity index (χ0) is 22.1. The number of halogens is 3. The fourth-order valence-corrected chi connectivity index (χ4v) is 3.35. The predicted octanol–water partition coefficient (Wildman–Crippen LogP) is 3.64. The van der Waals surface area contributed by atoms with E-state index in [0.717, 1.165) is 31.0 Å². The third-order valence-corrected chi connectivity index (χ3v) is 4.89. The molecule has 0 bridgehead atoms. The Labute approximate surface area is 180 Å². The second-order valence-electron chi connectivity index (χ2n) is 7.41. The van der Waals surface area contributed by atoms with Gasteiger partial charge in [0.25, 0.3) is 0 Å². The quantitative estimate of drug-likeness (QED) is 0.506. The lowest BCUT2D eigenvalue weighted by atomic mass is 10.1. The Hall–Kier alpha value is -2.81. The van der Waals surface area contributed by atoms with Gasteiger partial charge in [0.15, 0.2) is 12.6 Å². The number of hydrogen-bond donors (Lipinski definition) is 1. The fraction of sp³-hybridized carbons (Fsp3) is 0.455. The third-order valence-electron chi connectivity index (χ3n) is 4.89. The van der Waals surface area contributed by atoms with Gasteiger partial charge in [-0.15, -0.1) is 0 Å². The van der Waals surface area contributed by atoms with Crippen molar-refractivity contribution in [3.63, 3.8) is 0 Å². The van der Waals surface area contributed by atoms with Gasteiger partial charge in [-0.3, -0.25) is 4.99 Å². The number of guanidine groups is 1. The summed E-state index contributed by atoms with van der Waals surface area (Å²) in [6, 6.07) is 13.2. The topological polar surface area (TPSA) is 59.0 Å². The molecule has 1 aliphatic heterocycles. The minimum atomic E-state index is -4.38. The molecule has 0 saturated carbocycles. The number of likely N-dealkylation sites (tertiary alicyclic amines) is 1. The summed E-state index contributed by atoms with van der Waals surface area (Å²) in [5.74, 6) is 1.17. The molecule has 1 saturated heterocycles. The van der Waals surface area contributed by atoms with Crippen LogP contribution in [0.4, 0.5) is 13.2 Å². The second-order valence-corrected chi connectivity index (χ2v) is 7.41. The third kappa shape index (κ3) is 7.75. The molecule has 1 N–H and O–H groups in total. The number of rotatable bonds is 8. The highest BCUT2D eigenvalue weighted by Gasteiger charge is 2.28. The van der Waals surface area contributed by atoms with Crippen LogP contribution >= 0.6 is 0 Å². The first-order chi connectivity index (χ1) is 14.9. The number of benzene rings is 1. The zero-order valence-electron chi connectivity index (χ0n) is 17.4. The summed E-state index contributed by atoms with van der Waals surface area (Å²) in [7, 11) is 1.73. The Morgan fingerprint density at radius 1 is 1.19 bits per heavy atom. The number of aromatic nitrogens is 1. The maximum atomic E-state index is 12.2. The van der Waals surface area contributed by atoms with Gasteiger partial charge in [-0.25, -0.2) is 4.98 Å². The van der Waals surface area contributed by atoms with E-state index in [1.165, 1.54) is 17.8 Å². The van der Waals surface area contributed by atoms with E-state index in [1.807, 2.05) is 18.2 Å². The lowest BCUT2D eigenvalue weighted by molar-refractivity contribution is -0.154. The van der Waals surface area contributed by atoms with Gasteiger partial charge in [0.05, 0.1) is 13.2 Å². The van der Waals surface area contributed by atoms with Gasteiger partial charge in [0.1, 0.15) is 0 Å². The van der Waals surface area contributed by atoms with Gasteiger partial charge in [-0.05, 0) is 17.5 Å². The molecule has 2 aromatic rings. The zero-order valence-corrected chi connectivity index (χ0v) is 17.4. The summed E-state index contributed by atoms with van der Waals surface area (Å²) < 4.78 is 47.1. The van der Waals surface area contributed by atoms with Crippen molar-refractivity contribution in [3.8, 4) is 5.88 Å². The van der Waals surface area contributed by atoms with Crippen LogP contribution in [0.25, 0.3) is 0 Å². The van der Waals surface area contributed by atoms with E-state index in [0.29, 0.717) is 25.7 Å². The lowest BCUT2D eigenvalue weighted by Crippen LogP contribution is -2.39. The molecular weight excluding hydrogens is 409 g/mol. The largest absolute Gasteiger partial charge is 0.468 e. The maximum absolute atomic E-state index is 12.2. The normalized spacial score (nSPS) is 17.1. The summed E-state index contributed by atoms with van der Waals surface area (Å²) in [6.45, 7) is 2.17. The second kappa shape index (κ2) is 11.0. The molecule has 1 aromatic heterocycles. The Morgan fingerprint density at radius 3 is 2.68 bits per heavy atom. The summed E-state index contributed by atoms with van der Waals surface area (Å²) >= 11 is 0. The number of pyridine rings is 1.